The topological polar surface area (TPSA) is 50.8 Å². The minimum absolute atomic E-state index is 0.179. The molecule has 5 nitrogen and oxygen atoms in total. The van der Waals surface area contributed by atoms with E-state index >= 15 is 0 Å². The molecule has 0 aliphatic carbocycles. The van der Waals surface area contributed by atoms with E-state index in [2.05, 4.69) is 31.0 Å². The largest absolute Gasteiger partial charge is 0.468 e. The Hall–Kier alpha value is -0.650. The Labute approximate surface area is 129 Å². The molecule has 0 radical (unpaired) electrons. The van der Waals surface area contributed by atoms with Gasteiger partial charge in [0, 0.05) is 25.7 Å². The van der Waals surface area contributed by atoms with Gasteiger partial charge in [-0.2, -0.15) is 0 Å². The van der Waals surface area contributed by atoms with Crippen molar-refractivity contribution in [3.63, 3.8) is 0 Å². The highest BCUT2D eigenvalue weighted by Crippen LogP contribution is 2.20. The molecule has 1 rings (SSSR count). The Morgan fingerprint density at radius 2 is 2.29 bits per heavy atom. The number of ether oxygens (including phenoxy) is 2. The van der Waals surface area contributed by atoms with Crippen molar-refractivity contribution in [2.45, 2.75) is 64.6 Å². The Kier molecular flexibility index (Phi) is 7.63. The first-order valence-electron chi connectivity index (χ1n) is 8.12. The fourth-order valence-electron chi connectivity index (χ4n) is 3.00. The van der Waals surface area contributed by atoms with Crippen LogP contribution in [-0.2, 0) is 14.3 Å². The summed E-state index contributed by atoms with van der Waals surface area (Å²) < 4.78 is 10.7. The van der Waals surface area contributed by atoms with Gasteiger partial charge in [-0.1, -0.05) is 6.92 Å². The van der Waals surface area contributed by atoms with E-state index in [4.69, 9.17) is 9.47 Å². The van der Waals surface area contributed by atoms with Crippen LogP contribution in [0.15, 0.2) is 0 Å². The highest BCUT2D eigenvalue weighted by Gasteiger charge is 2.37. The molecule has 0 aromatic heterocycles. The molecule has 1 aliphatic heterocycles. The van der Waals surface area contributed by atoms with Crippen LogP contribution in [0, 0.1) is 0 Å². The number of nitrogens with one attached hydrogen (secondary N) is 1. The van der Waals surface area contributed by atoms with Crippen LogP contribution in [0.5, 0.6) is 0 Å². The van der Waals surface area contributed by atoms with Crippen molar-refractivity contribution in [3.8, 4) is 0 Å². The molecule has 1 N–H and O–H groups in total. The number of hydrogen-bond acceptors (Lipinski definition) is 5. The van der Waals surface area contributed by atoms with Crippen molar-refractivity contribution in [2.75, 3.05) is 33.4 Å². The lowest BCUT2D eigenvalue weighted by atomic mass is 9.92. The van der Waals surface area contributed by atoms with Gasteiger partial charge < -0.3 is 14.8 Å². The second-order valence-electron chi connectivity index (χ2n) is 6.33. The molecule has 0 aromatic rings. The average Bonchev–Trinajstić information content (AvgIpc) is 2.68. The van der Waals surface area contributed by atoms with Crippen LogP contribution in [0.25, 0.3) is 0 Å². The maximum Gasteiger partial charge on any atom is 0.325 e. The van der Waals surface area contributed by atoms with Crippen molar-refractivity contribution in [3.05, 3.63) is 0 Å². The van der Waals surface area contributed by atoms with E-state index in [9.17, 15) is 4.79 Å². The number of hydrogen-bond donors (Lipinski definition) is 1. The summed E-state index contributed by atoms with van der Waals surface area (Å²) in [5.41, 5.74) is -0.624. The van der Waals surface area contributed by atoms with Crippen molar-refractivity contribution in [1.29, 1.82) is 0 Å². The van der Waals surface area contributed by atoms with Gasteiger partial charge in [-0.15, -0.1) is 0 Å². The summed E-state index contributed by atoms with van der Waals surface area (Å²) in [6.45, 7) is 11.9. The number of carbonyl (C=O) groups excluding carboxylic acids is 1. The van der Waals surface area contributed by atoms with Crippen molar-refractivity contribution < 1.29 is 14.3 Å². The molecule has 1 aliphatic rings. The minimum Gasteiger partial charge on any atom is -0.468 e. The molecule has 0 aromatic carbocycles. The smallest absolute Gasteiger partial charge is 0.325 e. The van der Waals surface area contributed by atoms with Gasteiger partial charge in [0.1, 0.15) is 5.54 Å². The summed E-state index contributed by atoms with van der Waals surface area (Å²) in [6, 6.07) is 0.308. The molecule has 3 atom stereocenters. The number of nitrogens with zero attached hydrogens (tertiary/aromatic N) is 1. The second kappa shape index (κ2) is 8.71. The van der Waals surface area contributed by atoms with Gasteiger partial charge in [0.15, 0.2) is 0 Å². The van der Waals surface area contributed by atoms with Gasteiger partial charge in [-0.05, 0) is 46.6 Å². The van der Waals surface area contributed by atoms with Gasteiger partial charge in [0.2, 0.25) is 0 Å². The Morgan fingerprint density at radius 3 is 2.90 bits per heavy atom. The van der Waals surface area contributed by atoms with Gasteiger partial charge in [0.25, 0.3) is 0 Å². The van der Waals surface area contributed by atoms with Gasteiger partial charge in [0.05, 0.1) is 13.2 Å². The molecule has 0 amide bonds. The van der Waals surface area contributed by atoms with E-state index in [-0.39, 0.29) is 12.1 Å². The molecule has 1 fully saturated rings. The summed E-state index contributed by atoms with van der Waals surface area (Å²) >= 11 is 0. The molecule has 0 saturated carbocycles. The zero-order chi connectivity index (χ0) is 15.9. The van der Waals surface area contributed by atoms with Crippen LogP contribution in [0.2, 0.25) is 0 Å². The SMILES string of the molecule is CCCNC(C)(CC(C)N1CCCOC(C)C1)C(=O)OC. The second-order valence-corrected chi connectivity index (χ2v) is 6.33. The molecular weight excluding hydrogens is 268 g/mol. The van der Waals surface area contributed by atoms with E-state index < -0.39 is 5.54 Å². The van der Waals surface area contributed by atoms with E-state index in [0.717, 1.165) is 45.5 Å². The molecule has 21 heavy (non-hydrogen) atoms. The summed E-state index contributed by atoms with van der Waals surface area (Å²) in [4.78, 5) is 14.6. The first kappa shape index (κ1) is 18.4. The molecule has 5 heteroatoms. The third-order valence-corrected chi connectivity index (χ3v) is 4.21. The average molecular weight is 300 g/mol. The van der Waals surface area contributed by atoms with Gasteiger partial charge in [-0.25, -0.2) is 0 Å². The van der Waals surface area contributed by atoms with Crippen LogP contribution in [0.1, 0.15) is 47.0 Å². The predicted molar refractivity (Wildman–Crippen MR) is 84.4 cm³/mol. The molecule has 3 unspecified atom stereocenters. The van der Waals surface area contributed by atoms with Crippen LogP contribution in [-0.4, -0.2) is 61.9 Å². The third kappa shape index (κ3) is 5.57. The maximum absolute atomic E-state index is 12.2. The Morgan fingerprint density at radius 1 is 1.57 bits per heavy atom. The minimum atomic E-state index is -0.624. The summed E-state index contributed by atoms with van der Waals surface area (Å²) in [6.07, 6.45) is 3.04. The van der Waals surface area contributed by atoms with Crippen LogP contribution < -0.4 is 5.32 Å². The molecular formula is C16H32N2O3. The van der Waals surface area contributed by atoms with Crippen molar-refractivity contribution in [2.24, 2.45) is 0 Å². The van der Waals surface area contributed by atoms with Crippen molar-refractivity contribution in [1.82, 2.24) is 10.2 Å². The lowest BCUT2D eigenvalue weighted by molar-refractivity contribution is -0.148. The van der Waals surface area contributed by atoms with Gasteiger partial charge in [-0.3, -0.25) is 9.69 Å². The molecule has 1 saturated heterocycles. The lowest BCUT2D eigenvalue weighted by Crippen LogP contribution is -2.54. The molecule has 1 heterocycles. The third-order valence-electron chi connectivity index (χ3n) is 4.21. The highest BCUT2D eigenvalue weighted by atomic mass is 16.5. The summed E-state index contributed by atoms with van der Waals surface area (Å²) in [5.74, 6) is -0.179. The van der Waals surface area contributed by atoms with Crippen molar-refractivity contribution >= 4 is 5.97 Å². The highest BCUT2D eigenvalue weighted by molar-refractivity contribution is 5.80. The monoisotopic (exact) mass is 300 g/mol. The van der Waals surface area contributed by atoms with Crippen LogP contribution in [0.4, 0.5) is 0 Å². The summed E-state index contributed by atoms with van der Waals surface area (Å²) in [7, 11) is 1.46. The van der Waals surface area contributed by atoms with Gasteiger partial charge >= 0.3 is 5.97 Å². The summed E-state index contributed by atoms with van der Waals surface area (Å²) in [5, 5.41) is 3.36. The van der Waals surface area contributed by atoms with E-state index in [1.165, 1.54) is 7.11 Å². The molecule has 124 valence electrons. The normalized spacial score (nSPS) is 24.9. The fraction of sp³-hybridized carbons (Fsp3) is 0.938. The zero-order valence-corrected chi connectivity index (χ0v) is 14.3. The fourth-order valence-corrected chi connectivity index (χ4v) is 3.00. The number of rotatable bonds is 7. The molecule has 0 spiro atoms. The first-order valence-corrected chi connectivity index (χ1v) is 8.12. The molecule has 0 bridgehead atoms. The number of carbonyl (C=O) groups is 1. The standard InChI is InChI=1S/C16H32N2O3/c1-6-8-17-16(4,15(19)20-5)11-13(2)18-9-7-10-21-14(3)12-18/h13-14,17H,6-12H2,1-5H3. The number of methoxy groups -OCH3 is 1. The number of esters is 1. The Balaban J connectivity index is 2.69. The first-order chi connectivity index (χ1) is 9.92. The van der Waals surface area contributed by atoms with E-state index in [1.807, 2.05) is 6.92 Å². The van der Waals surface area contributed by atoms with Crippen LogP contribution in [0.3, 0.4) is 0 Å². The van der Waals surface area contributed by atoms with E-state index in [0.29, 0.717) is 6.04 Å². The quantitative estimate of drug-likeness (QED) is 0.727. The van der Waals surface area contributed by atoms with Crippen LogP contribution >= 0.6 is 0 Å². The maximum atomic E-state index is 12.2. The lowest BCUT2D eigenvalue weighted by Gasteiger charge is -2.36. The predicted octanol–water partition coefficient (Wildman–Crippen LogP) is 1.81. The Bertz CT molecular complexity index is 325. The zero-order valence-electron chi connectivity index (χ0n) is 14.3. The van der Waals surface area contributed by atoms with E-state index in [1.54, 1.807) is 0 Å².